The Hall–Kier alpha value is -1.22. The normalized spacial score (nSPS) is 10.1. The second-order valence-corrected chi connectivity index (χ2v) is 3.70. The van der Waals surface area contributed by atoms with Crippen molar-refractivity contribution < 1.29 is 4.39 Å². The van der Waals surface area contributed by atoms with Crippen LogP contribution in [0.5, 0.6) is 0 Å². The quantitative estimate of drug-likeness (QED) is 0.754. The predicted octanol–water partition coefficient (Wildman–Crippen LogP) is 3.65. The monoisotopic (exact) mass is 251 g/mol. The first-order valence-electron chi connectivity index (χ1n) is 4.14. The van der Waals surface area contributed by atoms with Crippen LogP contribution in [0.3, 0.4) is 0 Å². The number of nitrogens with zero attached hydrogens (tertiary/aromatic N) is 1. The van der Waals surface area contributed by atoms with E-state index in [4.69, 9.17) is 0 Å². The lowest BCUT2D eigenvalue weighted by atomic mass is 10.1. The second kappa shape index (κ2) is 3.88. The molecular formula is C11H7BrFN. The molecular weight excluding hydrogens is 245 g/mol. The zero-order chi connectivity index (χ0) is 9.97. The predicted molar refractivity (Wildman–Crippen MR) is 57.3 cm³/mol. The number of pyridine rings is 1. The van der Waals surface area contributed by atoms with E-state index >= 15 is 0 Å². The molecule has 0 aliphatic rings. The molecule has 70 valence electrons. The van der Waals surface area contributed by atoms with Crippen LogP contribution in [0.15, 0.2) is 47.1 Å². The van der Waals surface area contributed by atoms with Gasteiger partial charge >= 0.3 is 0 Å². The number of halogens is 2. The van der Waals surface area contributed by atoms with Crippen LogP contribution in [0.4, 0.5) is 4.39 Å². The van der Waals surface area contributed by atoms with Crippen molar-refractivity contribution in [3.63, 3.8) is 0 Å². The Morgan fingerprint density at radius 2 is 1.79 bits per heavy atom. The van der Waals surface area contributed by atoms with Gasteiger partial charge in [0, 0.05) is 16.2 Å². The average molecular weight is 252 g/mol. The zero-order valence-electron chi connectivity index (χ0n) is 7.24. The van der Waals surface area contributed by atoms with Gasteiger partial charge < -0.3 is 0 Å². The van der Waals surface area contributed by atoms with Gasteiger partial charge in [0.2, 0.25) is 0 Å². The molecule has 0 N–H and O–H groups in total. The molecule has 0 saturated heterocycles. The van der Waals surface area contributed by atoms with Crippen LogP contribution in [-0.2, 0) is 0 Å². The van der Waals surface area contributed by atoms with Crippen molar-refractivity contribution in [1.29, 1.82) is 0 Å². The lowest BCUT2D eigenvalue weighted by Gasteiger charge is -2.02. The molecule has 0 aliphatic carbocycles. The molecule has 0 radical (unpaired) electrons. The summed E-state index contributed by atoms with van der Waals surface area (Å²) in [6.07, 6.45) is 1.71. The van der Waals surface area contributed by atoms with Crippen LogP contribution in [0.1, 0.15) is 0 Å². The maximum absolute atomic E-state index is 12.7. The van der Waals surface area contributed by atoms with Gasteiger partial charge in [-0.1, -0.05) is 0 Å². The number of hydrogen-bond acceptors (Lipinski definition) is 1. The molecule has 0 saturated carbocycles. The van der Waals surface area contributed by atoms with Crippen LogP contribution in [-0.4, -0.2) is 4.98 Å². The summed E-state index contributed by atoms with van der Waals surface area (Å²) >= 11 is 3.40. The Bertz CT molecular complexity index is 439. The summed E-state index contributed by atoms with van der Waals surface area (Å²) in [5.41, 5.74) is 1.73. The first-order valence-corrected chi connectivity index (χ1v) is 4.93. The van der Waals surface area contributed by atoms with Crippen molar-refractivity contribution in [2.45, 2.75) is 0 Å². The van der Waals surface area contributed by atoms with Crippen molar-refractivity contribution in [2.75, 3.05) is 0 Å². The van der Waals surface area contributed by atoms with Crippen LogP contribution >= 0.6 is 15.9 Å². The third-order valence-corrected chi connectivity index (χ3v) is 2.52. The maximum Gasteiger partial charge on any atom is 0.123 e. The molecule has 1 nitrogen and oxygen atoms in total. The fourth-order valence-corrected chi connectivity index (χ4v) is 1.69. The Morgan fingerprint density at radius 1 is 1.07 bits per heavy atom. The van der Waals surface area contributed by atoms with Crippen LogP contribution < -0.4 is 0 Å². The van der Waals surface area contributed by atoms with Crippen molar-refractivity contribution in [1.82, 2.24) is 4.98 Å². The largest absolute Gasteiger partial charge is 0.255 e. The van der Waals surface area contributed by atoms with Gasteiger partial charge in [0.05, 0.1) is 5.69 Å². The number of aromatic nitrogens is 1. The van der Waals surface area contributed by atoms with Gasteiger partial charge in [0.25, 0.3) is 0 Å². The van der Waals surface area contributed by atoms with E-state index < -0.39 is 0 Å². The Balaban J connectivity index is 2.50. The molecule has 0 atom stereocenters. The van der Waals surface area contributed by atoms with Crippen LogP contribution in [0, 0.1) is 5.82 Å². The smallest absolute Gasteiger partial charge is 0.123 e. The lowest BCUT2D eigenvalue weighted by molar-refractivity contribution is 0.628. The summed E-state index contributed by atoms with van der Waals surface area (Å²) < 4.78 is 13.6. The fraction of sp³-hybridized carbons (Fsp3) is 0. The summed E-state index contributed by atoms with van der Waals surface area (Å²) in [5.74, 6) is -0.235. The number of benzene rings is 1. The number of hydrogen-bond donors (Lipinski definition) is 0. The molecule has 14 heavy (non-hydrogen) atoms. The summed E-state index contributed by atoms with van der Waals surface area (Å²) in [6, 6.07) is 10.0. The van der Waals surface area contributed by atoms with E-state index in [2.05, 4.69) is 20.9 Å². The third-order valence-electron chi connectivity index (χ3n) is 1.88. The Morgan fingerprint density at radius 3 is 2.43 bits per heavy atom. The average Bonchev–Trinajstić information content (AvgIpc) is 2.20. The van der Waals surface area contributed by atoms with Gasteiger partial charge in [-0.2, -0.15) is 0 Å². The van der Waals surface area contributed by atoms with Crippen LogP contribution in [0.2, 0.25) is 0 Å². The summed E-state index contributed by atoms with van der Waals surface area (Å²) in [6.45, 7) is 0. The van der Waals surface area contributed by atoms with Gasteiger partial charge in [0.1, 0.15) is 5.82 Å². The third kappa shape index (κ3) is 1.82. The molecule has 0 aliphatic heterocycles. The van der Waals surface area contributed by atoms with E-state index in [1.165, 1.54) is 12.1 Å². The van der Waals surface area contributed by atoms with Crippen molar-refractivity contribution in [3.05, 3.63) is 52.9 Å². The Labute approximate surface area is 89.7 Å². The maximum atomic E-state index is 12.7. The van der Waals surface area contributed by atoms with Gasteiger partial charge in [-0.25, -0.2) is 4.39 Å². The molecule has 0 amide bonds. The molecule has 0 fully saturated rings. The van der Waals surface area contributed by atoms with Crippen molar-refractivity contribution in [2.24, 2.45) is 0 Å². The van der Waals surface area contributed by atoms with E-state index in [0.29, 0.717) is 0 Å². The first-order chi connectivity index (χ1) is 6.77. The van der Waals surface area contributed by atoms with Crippen molar-refractivity contribution in [3.8, 4) is 11.3 Å². The highest BCUT2D eigenvalue weighted by Gasteiger charge is 2.02. The molecule has 0 unspecified atom stereocenters. The molecule has 2 rings (SSSR count). The molecule has 1 aromatic heterocycles. The minimum Gasteiger partial charge on any atom is -0.255 e. The minimum atomic E-state index is -0.235. The minimum absolute atomic E-state index is 0.235. The summed E-state index contributed by atoms with van der Waals surface area (Å²) in [7, 11) is 0. The van der Waals surface area contributed by atoms with Gasteiger partial charge in [-0.15, -0.1) is 0 Å². The zero-order valence-corrected chi connectivity index (χ0v) is 8.83. The number of rotatable bonds is 1. The van der Waals surface area contributed by atoms with E-state index in [1.807, 2.05) is 12.1 Å². The molecule has 0 bridgehead atoms. The summed E-state index contributed by atoms with van der Waals surface area (Å²) in [4.78, 5) is 4.21. The highest BCUT2D eigenvalue weighted by molar-refractivity contribution is 9.10. The standard InChI is InChI=1S/C11H7BrFN/c12-10-2-1-7-14-11(10)8-3-5-9(13)6-4-8/h1-7H. The molecule has 0 spiro atoms. The van der Waals surface area contributed by atoms with Gasteiger partial charge in [-0.05, 0) is 52.3 Å². The lowest BCUT2D eigenvalue weighted by Crippen LogP contribution is -1.84. The first kappa shape index (κ1) is 9.34. The van der Waals surface area contributed by atoms with E-state index in [1.54, 1.807) is 18.3 Å². The van der Waals surface area contributed by atoms with E-state index in [9.17, 15) is 4.39 Å². The molecule has 1 heterocycles. The Kier molecular flexibility index (Phi) is 2.59. The SMILES string of the molecule is Fc1ccc(-c2ncccc2Br)cc1. The van der Waals surface area contributed by atoms with Gasteiger partial charge in [-0.3, -0.25) is 4.98 Å². The molecule has 1 aromatic carbocycles. The molecule has 2 aromatic rings. The van der Waals surface area contributed by atoms with Gasteiger partial charge in [0.15, 0.2) is 0 Å². The van der Waals surface area contributed by atoms with E-state index in [-0.39, 0.29) is 5.82 Å². The highest BCUT2D eigenvalue weighted by atomic mass is 79.9. The summed E-state index contributed by atoms with van der Waals surface area (Å²) in [5, 5.41) is 0. The highest BCUT2D eigenvalue weighted by Crippen LogP contribution is 2.25. The fourth-order valence-electron chi connectivity index (χ4n) is 1.21. The molecule has 3 heteroatoms. The topological polar surface area (TPSA) is 12.9 Å². The van der Waals surface area contributed by atoms with E-state index in [0.717, 1.165) is 15.7 Å². The second-order valence-electron chi connectivity index (χ2n) is 2.84. The van der Waals surface area contributed by atoms with Crippen molar-refractivity contribution >= 4 is 15.9 Å². The van der Waals surface area contributed by atoms with Crippen LogP contribution in [0.25, 0.3) is 11.3 Å².